The van der Waals surface area contributed by atoms with Crippen LogP contribution in [0.3, 0.4) is 0 Å². The molecule has 0 radical (unpaired) electrons. The molecule has 0 aromatic heterocycles. The molecule has 1 atom stereocenters. The Morgan fingerprint density at radius 2 is 1.95 bits per heavy atom. The van der Waals surface area contributed by atoms with Gasteiger partial charge in [-0.05, 0) is 18.9 Å². The zero-order valence-corrected chi connectivity index (χ0v) is 11.2. The Labute approximate surface area is 112 Å². The summed E-state index contributed by atoms with van der Waals surface area (Å²) >= 11 is 0. The Morgan fingerprint density at radius 3 is 2.47 bits per heavy atom. The average Bonchev–Trinajstić information content (AvgIpc) is 2.37. The zero-order chi connectivity index (χ0) is 14.3. The maximum absolute atomic E-state index is 11.5. The van der Waals surface area contributed by atoms with Crippen LogP contribution in [-0.2, 0) is 16.1 Å². The molecule has 2 N–H and O–H groups in total. The lowest BCUT2D eigenvalue weighted by Gasteiger charge is -2.13. The predicted octanol–water partition coefficient (Wildman–Crippen LogP) is 2.47. The van der Waals surface area contributed by atoms with Gasteiger partial charge in [0.25, 0.3) is 0 Å². The van der Waals surface area contributed by atoms with Gasteiger partial charge in [-0.15, -0.1) is 0 Å². The van der Waals surface area contributed by atoms with Crippen LogP contribution in [0.2, 0.25) is 0 Å². The smallest absolute Gasteiger partial charge is 0.408 e. The van der Waals surface area contributed by atoms with Crippen molar-refractivity contribution < 1.29 is 19.4 Å². The van der Waals surface area contributed by atoms with Crippen molar-refractivity contribution in [3.63, 3.8) is 0 Å². The van der Waals surface area contributed by atoms with Gasteiger partial charge >= 0.3 is 12.1 Å². The first-order valence-corrected chi connectivity index (χ1v) is 6.24. The van der Waals surface area contributed by atoms with Crippen molar-refractivity contribution in [3.05, 3.63) is 35.4 Å². The van der Waals surface area contributed by atoms with Crippen LogP contribution < -0.4 is 5.32 Å². The van der Waals surface area contributed by atoms with E-state index in [1.54, 1.807) is 0 Å². The number of benzene rings is 1. The number of hydrogen-bond acceptors (Lipinski definition) is 3. The molecule has 0 aliphatic carbocycles. The molecular weight excluding hydrogens is 246 g/mol. The molecule has 1 rings (SSSR count). The summed E-state index contributed by atoms with van der Waals surface area (Å²) < 4.78 is 4.98. The lowest BCUT2D eigenvalue weighted by Crippen LogP contribution is -2.40. The quantitative estimate of drug-likeness (QED) is 0.828. The third kappa shape index (κ3) is 5.42. The van der Waals surface area contributed by atoms with E-state index >= 15 is 0 Å². The molecule has 1 aromatic rings. The van der Waals surface area contributed by atoms with Crippen molar-refractivity contribution in [1.82, 2.24) is 5.32 Å². The van der Waals surface area contributed by atoms with E-state index < -0.39 is 18.1 Å². The maximum atomic E-state index is 11.5. The summed E-state index contributed by atoms with van der Waals surface area (Å²) in [5.41, 5.74) is 1.99. The number of carboxylic acid groups (broad SMARTS) is 1. The highest BCUT2D eigenvalue weighted by Gasteiger charge is 2.19. The normalized spacial score (nSPS) is 11.7. The Bertz CT molecular complexity index is 428. The number of aliphatic carboxylic acids is 1. The molecule has 0 heterocycles. The van der Waals surface area contributed by atoms with Crippen LogP contribution in [0.5, 0.6) is 0 Å². The van der Waals surface area contributed by atoms with Crippen molar-refractivity contribution in [2.75, 3.05) is 0 Å². The number of hydrogen-bond donors (Lipinski definition) is 2. The lowest BCUT2D eigenvalue weighted by molar-refractivity contribution is -0.139. The van der Waals surface area contributed by atoms with Crippen LogP contribution in [-0.4, -0.2) is 23.2 Å². The van der Waals surface area contributed by atoms with Crippen molar-refractivity contribution in [2.45, 2.75) is 39.3 Å². The van der Waals surface area contributed by atoms with Gasteiger partial charge in [0.15, 0.2) is 0 Å². The minimum absolute atomic E-state index is 0.130. The molecule has 1 unspecified atom stereocenters. The van der Waals surface area contributed by atoms with E-state index in [9.17, 15) is 9.59 Å². The Hall–Kier alpha value is -2.04. The fourth-order valence-electron chi connectivity index (χ4n) is 1.56. The first-order chi connectivity index (χ1) is 9.02. The van der Waals surface area contributed by atoms with Gasteiger partial charge in [0, 0.05) is 0 Å². The van der Waals surface area contributed by atoms with Crippen molar-refractivity contribution in [1.29, 1.82) is 0 Å². The predicted molar refractivity (Wildman–Crippen MR) is 70.8 cm³/mol. The zero-order valence-electron chi connectivity index (χ0n) is 11.2. The van der Waals surface area contributed by atoms with Crippen molar-refractivity contribution in [2.24, 2.45) is 0 Å². The largest absolute Gasteiger partial charge is 0.480 e. The molecule has 1 aromatic carbocycles. The molecule has 1 amide bonds. The fourth-order valence-corrected chi connectivity index (χ4v) is 1.56. The molecule has 0 saturated heterocycles. The Balaban J connectivity index is 2.42. The number of amides is 1. The van der Waals surface area contributed by atoms with Crippen LogP contribution in [0.1, 0.15) is 30.9 Å². The SMILES string of the molecule is CCCC(NC(=O)OCc1ccc(C)cc1)C(=O)O. The summed E-state index contributed by atoms with van der Waals surface area (Å²) in [4.78, 5) is 22.3. The first kappa shape index (κ1) is 15.0. The molecule has 0 bridgehead atoms. The number of rotatable bonds is 6. The average molecular weight is 265 g/mol. The van der Waals surface area contributed by atoms with Crippen LogP contribution in [0.4, 0.5) is 4.79 Å². The third-order valence-electron chi connectivity index (χ3n) is 2.66. The minimum atomic E-state index is -1.05. The highest BCUT2D eigenvalue weighted by molar-refractivity contribution is 5.79. The Morgan fingerprint density at radius 1 is 1.32 bits per heavy atom. The fraction of sp³-hybridized carbons (Fsp3) is 0.429. The van der Waals surface area contributed by atoms with E-state index in [1.165, 1.54) is 0 Å². The number of ether oxygens (including phenoxy) is 1. The number of carboxylic acids is 1. The number of carbonyl (C=O) groups excluding carboxylic acids is 1. The summed E-state index contributed by atoms with van der Waals surface area (Å²) in [5, 5.41) is 11.2. The molecule has 104 valence electrons. The van der Waals surface area contributed by atoms with Crippen LogP contribution >= 0.6 is 0 Å². The molecule has 19 heavy (non-hydrogen) atoms. The summed E-state index contributed by atoms with van der Waals surface area (Å²) in [7, 11) is 0. The number of alkyl carbamates (subject to hydrolysis) is 1. The van der Waals surface area contributed by atoms with E-state index in [0.717, 1.165) is 11.1 Å². The van der Waals surface area contributed by atoms with Gasteiger partial charge in [-0.2, -0.15) is 0 Å². The highest BCUT2D eigenvalue weighted by Crippen LogP contribution is 2.05. The highest BCUT2D eigenvalue weighted by atomic mass is 16.5. The molecule has 0 spiro atoms. The second-order valence-electron chi connectivity index (χ2n) is 4.39. The van der Waals surface area contributed by atoms with Crippen molar-refractivity contribution in [3.8, 4) is 0 Å². The van der Waals surface area contributed by atoms with Gasteiger partial charge in [0.2, 0.25) is 0 Å². The second kappa shape index (κ2) is 7.41. The van der Waals surface area contributed by atoms with Gasteiger partial charge in [-0.3, -0.25) is 0 Å². The number of carbonyl (C=O) groups is 2. The van der Waals surface area contributed by atoms with Crippen molar-refractivity contribution >= 4 is 12.1 Å². The summed E-state index contributed by atoms with van der Waals surface area (Å²) in [6.45, 7) is 3.96. The lowest BCUT2D eigenvalue weighted by atomic mass is 10.2. The first-order valence-electron chi connectivity index (χ1n) is 6.24. The van der Waals surface area contributed by atoms with E-state index in [0.29, 0.717) is 12.8 Å². The monoisotopic (exact) mass is 265 g/mol. The molecule has 0 aliphatic rings. The molecular formula is C14H19NO4. The molecule has 0 saturated carbocycles. The molecule has 0 fully saturated rings. The third-order valence-corrected chi connectivity index (χ3v) is 2.66. The van der Waals surface area contributed by atoms with Crippen LogP contribution in [0, 0.1) is 6.92 Å². The summed E-state index contributed by atoms with van der Waals surface area (Å²) in [5.74, 6) is -1.05. The van der Waals surface area contributed by atoms with Gasteiger partial charge in [0.05, 0.1) is 0 Å². The molecule has 5 nitrogen and oxygen atoms in total. The summed E-state index contributed by atoms with van der Waals surface area (Å²) in [6, 6.07) is 6.68. The topological polar surface area (TPSA) is 75.6 Å². The molecule has 0 aliphatic heterocycles. The minimum Gasteiger partial charge on any atom is -0.480 e. The molecule has 5 heteroatoms. The van der Waals surface area contributed by atoms with E-state index in [-0.39, 0.29) is 6.61 Å². The van der Waals surface area contributed by atoms with E-state index in [1.807, 2.05) is 38.1 Å². The maximum Gasteiger partial charge on any atom is 0.408 e. The number of nitrogens with one attached hydrogen (secondary N) is 1. The van der Waals surface area contributed by atoms with E-state index in [4.69, 9.17) is 9.84 Å². The van der Waals surface area contributed by atoms with Crippen LogP contribution in [0.25, 0.3) is 0 Å². The summed E-state index contributed by atoms with van der Waals surface area (Å²) in [6.07, 6.45) is 0.353. The van der Waals surface area contributed by atoms with E-state index in [2.05, 4.69) is 5.32 Å². The van der Waals surface area contributed by atoms with Gasteiger partial charge in [0.1, 0.15) is 12.6 Å². The number of aryl methyl sites for hydroxylation is 1. The Kier molecular flexibility index (Phi) is 5.85. The van der Waals surface area contributed by atoms with Gasteiger partial charge in [-0.25, -0.2) is 9.59 Å². The second-order valence-corrected chi connectivity index (χ2v) is 4.39. The standard InChI is InChI=1S/C14H19NO4/c1-3-4-12(13(16)17)15-14(18)19-9-11-7-5-10(2)6-8-11/h5-8,12H,3-4,9H2,1-2H3,(H,15,18)(H,16,17). The van der Waals surface area contributed by atoms with Gasteiger partial charge < -0.3 is 15.2 Å². The van der Waals surface area contributed by atoms with Crippen LogP contribution in [0.15, 0.2) is 24.3 Å². The van der Waals surface area contributed by atoms with Gasteiger partial charge in [-0.1, -0.05) is 43.2 Å².